The van der Waals surface area contributed by atoms with Crippen molar-refractivity contribution >= 4 is 5.97 Å². The van der Waals surface area contributed by atoms with Crippen LogP contribution in [0.15, 0.2) is 24.3 Å². The molecular weight excluding hydrogens is 297 g/mol. The maximum atomic E-state index is 13.2. The molecule has 3 rings (SSSR count). The monoisotopic (exact) mass is 310 g/mol. The van der Waals surface area contributed by atoms with Crippen molar-refractivity contribution in [2.24, 2.45) is 0 Å². The Balaban J connectivity index is 2.24. The molecule has 0 unspecified atom stereocenters. The van der Waals surface area contributed by atoms with Crippen LogP contribution in [-0.2, 0) is 19.0 Å². The quantitative estimate of drug-likeness (QED) is 0.924. The molecule has 1 aliphatic rings. The highest BCUT2D eigenvalue weighted by Gasteiger charge is 2.35. The van der Waals surface area contributed by atoms with Crippen molar-refractivity contribution in [2.45, 2.75) is 31.9 Å². The van der Waals surface area contributed by atoms with Gasteiger partial charge in [0.05, 0.1) is 11.3 Å². The molecule has 4 nitrogen and oxygen atoms in total. The van der Waals surface area contributed by atoms with E-state index in [9.17, 15) is 23.1 Å². The second-order valence-electron chi connectivity index (χ2n) is 5.21. The van der Waals surface area contributed by atoms with Gasteiger partial charge in [0.25, 0.3) is 0 Å². The van der Waals surface area contributed by atoms with Crippen LogP contribution in [-0.4, -0.2) is 20.9 Å². The van der Waals surface area contributed by atoms with Gasteiger partial charge in [-0.1, -0.05) is 12.1 Å². The molecule has 0 bridgehead atoms. The van der Waals surface area contributed by atoms with Crippen LogP contribution in [0.2, 0.25) is 0 Å². The highest BCUT2D eigenvalue weighted by atomic mass is 19.4. The third kappa shape index (κ3) is 2.36. The molecule has 0 saturated heterocycles. The van der Waals surface area contributed by atoms with Crippen molar-refractivity contribution < 1.29 is 23.1 Å². The molecule has 1 aromatic carbocycles. The predicted octanol–water partition coefficient (Wildman–Crippen LogP) is 3.47. The second-order valence-corrected chi connectivity index (χ2v) is 5.21. The van der Waals surface area contributed by atoms with Crippen LogP contribution in [0, 0.1) is 0 Å². The lowest BCUT2D eigenvalue weighted by Crippen LogP contribution is -2.14. The molecule has 7 heteroatoms. The fourth-order valence-electron chi connectivity index (χ4n) is 2.87. The highest BCUT2D eigenvalue weighted by Crippen LogP contribution is 2.35. The normalized spacial score (nSPS) is 14.7. The van der Waals surface area contributed by atoms with Crippen molar-refractivity contribution in [3.05, 3.63) is 46.8 Å². The van der Waals surface area contributed by atoms with Gasteiger partial charge in [-0.05, 0) is 37.8 Å². The van der Waals surface area contributed by atoms with Gasteiger partial charge in [-0.25, -0.2) is 9.48 Å². The number of aromatic carboxylic acids is 1. The zero-order chi connectivity index (χ0) is 15.9. The number of aromatic nitrogens is 2. The van der Waals surface area contributed by atoms with Crippen LogP contribution in [0.3, 0.4) is 0 Å². The molecule has 116 valence electrons. The third-order valence-corrected chi connectivity index (χ3v) is 3.82. The summed E-state index contributed by atoms with van der Waals surface area (Å²) in [5.41, 5.74) is 0.0335. The van der Waals surface area contributed by atoms with Crippen LogP contribution < -0.4 is 0 Å². The lowest BCUT2D eigenvalue weighted by molar-refractivity contribution is -0.137. The van der Waals surface area contributed by atoms with Gasteiger partial charge in [-0.15, -0.1) is 0 Å². The maximum Gasteiger partial charge on any atom is 0.418 e. The van der Waals surface area contributed by atoms with Crippen LogP contribution in [0.4, 0.5) is 13.2 Å². The van der Waals surface area contributed by atoms with E-state index in [1.54, 1.807) is 0 Å². The zero-order valence-electron chi connectivity index (χ0n) is 11.5. The van der Waals surface area contributed by atoms with E-state index in [0.717, 1.165) is 23.6 Å². The summed E-state index contributed by atoms with van der Waals surface area (Å²) in [4.78, 5) is 11.3. The first-order valence-electron chi connectivity index (χ1n) is 6.90. The Kier molecular flexibility index (Phi) is 3.42. The molecule has 1 aromatic heterocycles. The van der Waals surface area contributed by atoms with Crippen LogP contribution >= 0.6 is 0 Å². The first-order chi connectivity index (χ1) is 10.4. The number of benzene rings is 1. The van der Waals surface area contributed by atoms with E-state index in [1.807, 2.05) is 0 Å². The van der Waals surface area contributed by atoms with Gasteiger partial charge in [0.2, 0.25) is 0 Å². The summed E-state index contributed by atoms with van der Waals surface area (Å²) < 4.78 is 40.7. The molecule has 22 heavy (non-hydrogen) atoms. The number of alkyl halides is 3. The van der Waals surface area contributed by atoms with Crippen LogP contribution in [0.25, 0.3) is 5.69 Å². The number of carboxylic acid groups (broad SMARTS) is 1. The first-order valence-corrected chi connectivity index (χ1v) is 6.90. The maximum absolute atomic E-state index is 13.2. The molecule has 0 atom stereocenters. The van der Waals surface area contributed by atoms with E-state index in [0.29, 0.717) is 24.1 Å². The molecule has 0 amide bonds. The third-order valence-electron chi connectivity index (χ3n) is 3.82. The van der Waals surface area contributed by atoms with Crippen molar-refractivity contribution in [3.63, 3.8) is 0 Å². The Morgan fingerprint density at radius 1 is 1.18 bits per heavy atom. The highest BCUT2D eigenvalue weighted by molar-refractivity contribution is 5.87. The average molecular weight is 310 g/mol. The Morgan fingerprint density at radius 3 is 2.55 bits per heavy atom. The summed E-state index contributed by atoms with van der Waals surface area (Å²) >= 11 is 0. The average Bonchev–Trinajstić information content (AvgIpc) is 2.86. The molecule has 1 aliphatic carbocycles. The van der Waals surface area contributed by atoms with Gasteiger partial charge in [0, 0.05) is 11.3 Å². The lowest BCUT2D eigenvalue weighted by atomic mass is 9.95. The largest absolute Gasteiger partial charge is 0.476 e. The smallest absolute Gasteiger partial charge is 0.418 e. The summed E-state index contributed by atoms with van der Waals surface area (Å²) in [6.07, 6.45) is -1.83. The molecule has 1 N–H and O–H groups in total. The second kappa shape index (κ2) is 5.15. The minimum absolute atomic E-state index is 0.124. The topological polar surface area (TPSA) is 55.1 Å². The molecule has 0 saturated carbocycles. The Bertz CT molecular complexity index is 735. The molecule has 2 aromatic rings. The van der Waals surface area contributed by atoms with Crippen LogP contribution in [0.5, 0.6) is 0 Å². The Labute approximate surface area is 124 Å². The molecule has 0 spiro atoms. The van der Waals surface area contributed by atoms with E-state index in [1.165, 1.54) is 18.2 Å². The molecular formula is C15H13F3N2O2. The SMILES string of the molecule is O=C(O)c1nn(-c2ccccc2C(F)(F)F)c2c1CCCC2. The lowest BCUT2D eigenvalue weighted by Gasteiger charge is -2.17. The van der Waals surface area contributed by atoms with E-state index < -0.39 is 17.7 Å². The van der Waals surface area contributed by atoms with Gasteiger partial charge in [-0.3, -0.25) is 0 Å². The van der Waals surface area contributed by atoms with Crippen LogP contribution in [0.1, 0.15) is 40.2 Å². The zero-order valence-corrected chi connectivity index (χ0v) is 11.5. The van der Waals surface area contributed by atoms with E-state index in [4.69, 9.17) is 0 Å². The first kappa shape index (κ1) is 14.6. The number of rotatable bonds is 2. The van der Waals surface area contributed by atoms with Crippen molar-refractivity contribution in [1.29, 1.82) is 0 Å². The standard InChI is InChI=1S/C15H13F3N2O2/c16-15(17,18)10-6-2-4-8-12(10)20-11-7-3-1-5-9(11)13(19-20)14(21)22/h2,4,6,8H,1,3,5,7H2,(H,21,22). The van der Waals surface area contributed by atoms with Crippen molar-refractivity contribution in [1.82, 2.24) is 9.78 Å². The number of halogens is 3. The summed E-state index contributed by atoms with van der Waals surface area (Å²) in [5, 5.41) is 13.2. The van der Waals surface area contributed by atoms with E-state index in [2.05, 4.69) is 5.10 Å². The van der Waals surface area contributed by atoms with E-state index in [-0.39, 0.29) is 11.4 Å². The van der Waals surface area contributed by atoms with Crippen molar-refractivity contribution in [2.75, 3.05) is 0 Å². The Morgan fingerprint density at radius 2 is 1.86 bits per heavy atom. The fourth-order valence-corrected chi connectivity index (χ4v) is 2.87. The van der Waals surface area contributed by atoms with Gasteiger partial charge in [0.1, 0.15) is 0 Å². The summed E-state index contributed by atoms with van der Waals surface area (Å²) in [7, 11) is 0. The molecule has 0 fully saturated rings. The summed E-state index contributed by atoms with van der Waals surface area (Å²) in [5.74, 6) is -1.21. The van der Waals surface area contributed by atoms with Gasteiger partial charge in [-0.2, -0.15) is 18.3 Å². The fraction of sp³-hybridized carbons (Fsp3) is 0.333. The van der Waals surface area contributed by atoms with Gasteiger partial charge in [0.15, 0.2) is 5.69 Å². The summed E-state index contributed by atoms with van der Waals surface area (Å²) in [6, 6.07) is 5.09. The predicted molar refractivity (Wildman–Crippen MR) is 72.2 cm³/mol. The van der Waals surface area contributed by atoms with Gasteiger partial charge < -0.3 is 5.11 Å². The Hall–Kier alpha value is -2.31. The minimum atomic E-state index is -4.52. The number of hydrogen-bond donors (Lipinski definition) is 1. The number of para-hydroxylation sites is 1. The number of carboxylic acids is 1. The van der Waals surface area contributed by atoms with Crippen molar-refractivity contribution in [3.8, 4) is 5.69 Å². The number of hydrogen-bond acceptors (Lipinski definition) is 2. The number of nitrogens with zero attached hydrogens (tertiary/aromatic N) is 2. The molecule has 0 aliphatic heterocycles. The number of fused-ring (bicyclic) bond motifs is 1. The molecule has 0 radical (unpaired) electrons. The van der Waals surface area contributed by atoms with Gasteiger partial charge >= 0.3 is 12.1 Å². The molecule has 1 heterocycles. The minimum Gasteiger partial charge on any atom is -0.476 e. The van der Waals surface area contributed by atoms with E-state index >= 15 is 0 Å². The number of carbonyl (C=O) groups is 1. The summed E-state index contributed by atoms with van der Waals surface area (Å²) in [6.45, 7) is 0.